The van der Waals surface area contributed by atoms with Crippen molar-refractivity contribution in [1.82, 2.24) is 15.5 Å². The van der Waals surface area contributed by atoms with Gasteiger partial charge >= 0.3 is 0 Å². The molecule has 216 valence electrons. The molecule has 3 saturated carbocycles. The largest absolute Gasteiger partial charge is 0.307 e. The van der Waals surface area contributed by atoms with E-state index >= 15 is 0 Å². The minimum atomic E-state index is 0.548. The lowest BCUT2D eigenvalue weighted by Crippen LogP contribution is -2.74. The monoisotopic (exact) mass is 531 g/mol. The van der Waals surface area contributed by atoms with Gasteiger partial charge in [-0.15, -0.1) is 0 Å². The molecule has 8 aliphatic rings. The standard InChI is InChI=1S/C36H57N3/c1-2-36-22-11-10-16-27(36)33-31(21-23-36)39(30-20-19-24-12-6-7-15-26(24)32(30)33)35-34(25-13-4-3-5-14-25)37-28-17-8-9-18-29(28)38-35/h25,28-32,34-35,37-38H,2-23H2,1H3. The van der Waals surface area contributed by atoms with Crippen molar-refractivity contribution in [3.63, 3.8) is 0 Å². The SMILES string of the molecule is CCC12CCCCC1=C1C3C4=C(CCCC4)CCC3N(C3NC4CCCCC4NC3C3CCCCC3)C1CC2. The zero-order valence-corrected chi connectivity index (χ0v) is 25.1. The van der Waals surface area contributed by atoms with Crippen LogP contribution < -0.4 is 10.6 Å². The molecule has 8 rings (SSSR count). The molecule has 3 nitrogen and oxygen atoms in total. The van der Waals surface area contributed by atoms with Gasteiger partial charge in [0.2, 0.25) is 0 Å². The van der Waals surface area contributed by atoms with Crippen LogP contribution in [0.25, 0.3) is 0 Å². The van der Waals surface area contributed by atoms with Gasteiger partial charge in [0.05, 0.1) is 6.17 Å². The lowest BCUT2D eigenvalue weighted by Gasteiger charge is -2.55. The van der Waals surface area contributed by atoms with E-state index in [2.05, 4.69) is 22.5 Å². The summed E-state index contributed by atoms with van der Waals surface area (Å²) in [5, 5.41) is 8.95. The number of piperazine rings is 1. The summed E-state index contributed by atoms with van der Waals surface area (Å²) in [5.41, 5.74) is 8.48. The lowest BCUT2D eigenvalue weighted by molar-refractivity contribution is -0.00980. The van der Waals surface area contributed by atoms with Crippen molar-refractivity contribution in [1.29, 1.82) is 0 Å². The van der Waals surface area contributed by atoms with Crippen molar-refractivity contribution in [2.75, 3.05) is 0 Å². The van der Waals surface area contributed by atoms with Crippen molar-refractivity contribution in [3.8, 4) is 0 Å². The Kier molecular flexibility index (Phi) is 7.05. The molecular weight excluding hydrogens is 474 g/mol. The van der Waals surface area contributed by atoms with Gasteiger partial charge in [-0.3, -0.25) is 10.2 Å². The van der Waals surface area contributed by atoms with Gasteiger partial charge in [-0.05, 0) is 120 Å². The van der Waals surface area contributed by atoms with Gasteiger partial charge in [0, 0.05) is 36.1 Å². The maximum Gasteiger partial charge on any atom is 0.0768 e. The Morgan fingerprint density at radius 1 is 0.718 bits per heavy atom. The second-order valence-corrected chi connectivity index (χ2v) is 15.4. The van der Waals surface area contributed by atoms with Crippen LogP contribution in [0, 0.1) is 17.3 Å². The van der Waals surface area contributed by atoms with E-state index in [-0.39, 0.29) is 0 Å². The second kappa shape index (κ2) is 10.6. The summed E-state index contributed by atoms with van der Waals surface area (Å²) in [4.78, 5) is 3.23. The number of likely N-dealkylation sites (tertiary alicyclic amines) is 1. The van der Waals surface area contributed by atoms with Gasteiger partial charge in [0.1, 0.15) is 0 Å². The first-order chi connectivity index (χ1) is 19.3. The first-order valence-corrected chi connectivity index (χ1v) is 18.0. The fourth-order valence-corrected chi connectivity index (χ4v) is 12.0. The topological polar surface area (TPSA) is 27.3 Å². The molecule has 0 radical (unpaired) electrons. The third-order valence-electron chi connectivity index (χ3n) is 13.8. The van der Waals surface area contributed by atoms with E-state index in [0.29, 0.717) is 29.7 Å². The molecule has 8 unspecified atom stereocenters. The molecule has 0 aromatic carbocycles. The lowest BCUT2D eigenvalue weighted by atomic mass is 9.58. The van der Waals surface area contributed by atoms with E-state index in [1.165, 1.54) is 141 Å². The first kappa shape index (κ1) is 26.0. The Morgan fingerprint density at radius 2 is 1.49 bits per heavy atom. The van der Waals surface area contributed by atoms with E-state index in [1.54, 1.807) is 0 Å². The predicted molar refractivity (Wildman–Crippen MR) is 162 cm³/mol. The summed E-state index contributed by atoms with van der Waals surface area (Å²) < 4.78 is 0. The van der Waals surface area contributed by atoms with Gasteiger partial charge in [0.25, 0.3) is 0 Å². The summed E-state index contributed by atoms with van der Waals surface area (Å²) in [7, 11) is 0. The van der Waals surface area contributed by atoms with Crippen molar-refractivity contribution in [2.24, 2.45) is 17.3 Å². The first-order valence-electron chi connectivity index (χ1n) is 18.0. The molecule has 2 aliphatic heterocycles. The number of nitrogens with one attached hydrogen (secondary N) is 2. The summed E-state index contributed by atoms with van der Waals surface area (Å²) >= 11 is 0. The number of rotatable bonds is 3. The molecule has 2 saturated heterocycles. The Morgan fingerprint density at radius 3 is 2.33 bits per heavy atom. The Labute approximate surface area is 239 Å². The summed E-state index contributed by atoms with van der Waals surface area (Å²) in [5.74, 6) is 1.64. The number of nitrogens with zero attached hydrogens (tertiary/aromatic N) is 1. The van der Waals surface area contributed by atoms with Crippen LogP contribution in [0.3, 0.4) is 0 Å². The predicted octanol–water partition coefficient (Wildman–Crippen LogP) is 8.16. The highest BCUT2D eigenvalue weighted by Crippen LogP contribution is 2.61. The third kappa shape index (κ3) is 4.21. The maximum absolute atomic E-state index is 4.50. The molecule has 0 amide bonds. The highest BCUT2D eigenvalue weighted by molar-refractivity contribution is 5.45. The van der Waals surface area contributed by atoms with Crippen LogP contribution in [0.1, 0.15) is 148 Å². The number of hydrogen-bond acceptors (Lipinski definition) is 3. The fourth-order valence-electron chi connectivity index (χ4n) is 12.0. The molecule has 2 heterocycles. The van der Waals surface area contributed by atoms with Gasteiger partial charge in [-0.1, -0.05) is 62.2 Å². The highest BCUT2D eigenvalue weighted by atomic mass is 15.4. The van der Waals surface area contributed by atoms with E-state index in [9.17, 15) is 0 Å². The van der Waals surface area contributed by atoms with Crippen LogP contribution >= 0.6 is 0 Å². The number of hydrogen-bond donors (Lipinski definition) is 2. The molecule has 0 aromatic rings. The zero-order valence-electron chi connectivity index (χ0n) is 25.1. The average Bonchev–Trinajstić information content (AvgIpc) is 3.35. The Bertz CT molecular complexity index is 989. The van der Waals surface area contributed by atoms with Crippen LogP contribution in [-0.2, 0) is 0 Å². The summed E-state index contributed by atoms with van der Waals surface area (Å²) in [6.45, 7) is 2.54. The van der Waals surface area contributed by atoms with E-state index in [4.69, 9.17) is 0 Å². The van der Waals surface area contributed by atoms with Crippen molar-refractivity contribution in [3.05, 3.63) is 22.3 Å². The maximum atomic E-state index is 4.50. The molecule has 0 spiro atoms. The molecule has 6 aliphatic carbocycles. The van der Waals surface area contributed by atoms with E-state index in [0.717, 1.165) is 23.9 Å². The zero-order chi connectivity index (χ0) is 26.0. The van der Waals surface area contributed by atoms with Crippen LogP contribution in [-0.4, -0.2) is 41.3 Å². The molecule has 0 bridgehead atoms. The van der Waals surface area contributed by atoms with Crippen molar-refractivity contribution in [2.45, 2.75) is 185 Å². The Balaban J connectivity index is 1.23. The highest BCUT2D eigenvalue weighted by Gasteiger charge is 2.58. The number of fused-ring (bicyclic) bond motifs is 6. The van der Waals surface area contributed by atoms with Crippen LogP contribution in [0.4, 0.5) is 0 Å². The average molecular weight is 532 g/mol. The molecule has 3 heteroatoms. The van der Waals surface area contributed by atoms with E-state index < -0.39 is 0 Å². The van der Waals surface area contributed by atoms with Crippen molar-refractivity contribution < 1.29 is 0 Å². The Hall–Kier alpha value is -0.640. The smallest absolute Gasteiger partial charge is 0.0768 e. The third-order valence-corrected chi connectivity index (χ3v) is 13.8. The molecule has 2 N–H and O–H groups in total. The van der Waals surface area contributed by atoms with Gasteiger partial charge < -0.3 is 5.32 Å². The quantitative estimate of drug-likeness (QED) is 0.360. The normalized spacial score (nSPS) is 45.3. The fraction of sp³-hybridized carbons (Fsp3) is 0.889. The molecule has 5 fully saturated rings. The van der Waals surface area contributed by atoms with Gasteiger partial charge in [-0.25, -0.2) is 0 Å². The molecule has 39 heavy (non-hydrogen) atoms. The van der Waals surface area contributed by atoms with E-state index in [1.807, 2.05) is 22.3 Å². The van der Waals surface area contributed by atoms with Crippen LogP contribution in [0.15, 0.2) is 22.3 Å². The van der Waals surface area contributed by atoms with Gasteiger partial charge in [-0.2, -0.15) is 0 Å². The minimum absolute atomic E-state index is 0.548. The van der Waals surface area contributed by atoms with Crippen molar-refractivity contribution >= 4 is 0 Å². The van der Waals surface area contributed by atoms with Crippen LogP contribution in [0.2, 0.25) is 0 Å². The summed E-state index contributed by atoms with van der Waals surface area (Å²) in [6, 6.07) is 3.54. The molecular formula is C36H57N3. The summed E-state index contributed by atoms with van der Waals surface area (Å²) in [6.07, 6.45) is 32.2. The molecule has 0 aromatic heterocycles. The van der Waals surface area contributed by atoms with Crippen LogP contribution in [0.5, 0.6) is 0 Å². The van der Waals surface area contributed by atoms with Gasteiger partial charge in [0.15, 0.2) is 0 Å². The second-order valence-electron chi connectivity index (χ2n) is 15.4. The minimum Gasteiger partial charge on any atom is -0.307 e. The molecule has 8 atom stereocenters. The number of allylic oxidation sites excluding steroid dienone is 2.